The van der Waals surface area contributed by atoms with E-state index in [1.165, 1.54) is 0 Å². The number of alkyl halides is 1. The summed E-state index contributed by atoms with van der Waals surface area (Å²) in [5.41, 5.74) is 0.685. The number of aliphatic hydroxyl groups is 1. The van der Waals surface area contributed by atoms with Crippen molar-refractivity contribution >= 4 is 17.6 Å². The first-order valence-corrected chi connectivity index (χ1v) is 6.82. The van der Waals surface area contributed by atoms with Crippen molar-refractivity contribution in [2.75, 3.05) is 6.61 Å². The number of halogens is 1. The van der Waals surface area contributed by atoms with E-state index in [0.29, 0.717) is 18.1 Å². The topological polar surface area (TPSA) is 46.5 Å². The van der Waals surface area contributed by atoms with Gasteiger partial charge in [-0.05, 0) is 24.8 Å². The number of rotatable bonds is 6. The average Bonchev–Trinajstić information content (AvgIpc) is 2.38. The molecule has 4 heteroatoms. The summed E-state index contributed by atoms with van der Waals surface area (Å²) < 4.78 is 5.05. The van der Waals surface area contributed by atoms with Gasteiger partial charge in [0.2, 0.25) is 0 Å². The zero-order valence-electron chi connectivity index (χ0n) is 11.6. The van der Waals surface area contributed by atoms with E-state index < -0.39 is 16.9 Å². The summed E-state index contributed by atoms with van der Waals surface area (Å²) in [4.78, 5) is 10.6. The molecule has 0 radical (unpaired) electrons. The minimum absolute atomic E-state index is 0.301. The number of aliphatic hydroxyl groups excluding tert-OH is 1. The van der Waals surface area contributed by atoms with E-state index in [0.717, 1.165) is 6.42 Å². The van der Waals surface area contributed by atoms with E-state index in [1.807, 2.05) is 32.0 Å². The molecule has 0 fully saturated rings. The van der Waals surface area contributed by atoms with Crippen LogP contribution in [0.15, 0.2) is 30.3 Å². The molecule has 19 heavy (non-hydrogen) atoms. The van der Waals surface area contributed by atoms with Gasteiger partial charge in [0, 0.05) is 0 Å². The first-order valence-electron chi connectivity index (χ1n) is 6.45. The molecule has 0 aliphatic carbocycles. The summed E-state index contributed by atoms with van der Waals surface area (Å²) in [6, 6.07) is 9.03. The first-order chi connectivity index (χ1) is 8.85. The Morgan fingerprint density at radius 2 is 1.95 bits per heavy atom. The number of hydrogen-bond donors (Lipinski definition) is 1. The highest BCUT2D eigenvalue weighted by Crippen LogP contribution is 2.32. The molecule has 0 aliphatic heterocycles. The van der Waals surface area contributed by atoms with Crippen LogP contribution in [0.3, 0.4) is 0 Å². The van der Waals surface area contributed by atoms with Crippen molar-refractivity contribution in [3.8, 4) is 0 Å². The predicted molar refractivity (Wildman–Crippen MR) is 76.1 cm³/mol. The maximum Gasteiger partial charge on any atom is 0.337 e. The monoisotopic (exact) mass is 284 g/mol. The van der Waals surface area contributed by atoms with Gasteiger partial charge in [-0.2, -0.15) is 0 Å². The molecule has 0 aromatic heterocycles. The minimum Gasteiger partial charge on any atom is -0.464 e. The Balaban J connectivity index is 2.65. The number of carbonyl (C=O) groups excluding carboxylic acids is 1. The molecule has 0 amide bonds. The molecule has 0 unspecified atom stereocenters. The Labute approximate surface area is 119 Å². The fourth-order valence-electron chi connectivity index (χ4n) is 1.62. The molecule has 1 N–H and O–H groups in total. The molecule has 0 aliphatic rings. The summed E-state index contributed by atoms with van der Waals surface area (Å²) in [7, 11) is 0. The third-order valence-corrected chi connectivity index (χ3v) is 3.44. The van der Waals surface area contributed by atoms with Gasteiger partial charge in [0.25, 0.3) is 0 Å². The Kier molecular flexibility index (Phi) is 5.83. The van der Waals surface area contributed by atoms with E-state index >= 15 is 0 Å². The van der Waals surface area contributed by atoms with Gasteiger partial charge in [0.1, 0.15) is 4.87 Å². The number of carbonyl (C=O) groups is 1. The average molecular weight is 285 g/mol. The van der Waals surface area contributed by atoms with Gasteiger partial charge in [0.05, 0.1) is 6.61 Å². The molecule has 2 atom stereocenters. The van der Waals surface area contributed by atoms with Crippen LogP contribution in [0.2, 0.25) is 0 Å². The lowest BCUT2D eigenvalue weighted by Gasteiger charge is -2.27. The molecule has 0 saturated carbocycles. The molecule has 0 bridgehead atoms. The fourth-order valence-corrected chi connectivity index (χ4v) is 1.83. The van der Waals surface area contributed by atoms with Crippen LogP contribution in [0.4, 0.5) is 0 Å². The van der Waals surface area contributed by atoms with Crippen LogP contribution in [-0.2, 0) is 14.4 Å². The van der Waals surface area contributed by atoms with Gasteiger partial charge in [0.15, 0.2) is 6.10 Å². The molecule has 0 spiro atoms. The van der Waals surface area contributed by atoms with Crippen molar-refractivity contribution in [3.63, 3.8) is 0 Å². The lowest BCUT2D eigenvalue weighted by Crippen LogP contribution is -2.39. The normalized spacial score (nSPS) is 15.9. The Hall–Kier alpha value is -1.06. The predicted octanol–water partition coefficient (Wildman–Crippen LogP) is 3.09. The summed E-state index contributed by atoms with van der Waals surface area (Å²) >= 11 is 6.30. The van der Waals surface area contributed by atoms with E-state index in [2.05, 4.69) is 0 Å². The van der Waals surface area contributed by atoms with Gasteiger partial charge in [-0.1, -0.05) is 44.2 Å². The maximum absolute atomic E-state index is 11.8. The van der Waals surface area contributed by atoms with E-state index in [4.69, 9.17) is 16.3 Å². The van der Waals surface area contributed by atoms with Gasteiger partial charge < -0.3 is 9.84 Å². The molecule has 0 heterocycles. The Morgan fingerprint density at radius 1 is 1.37 bits per heavy atom. The zero-order valence-corrected chi connectivity index (χ0v) is 12.4. The lowest BCUT2D eigenvalue weighted by atomic mass is 9.94. The van der Waals surface area contributed by atoms with Gasteiger partial charge in [-0.15, -0.1) is 11.6 Å². The second-order valence-corrected chi connectivity index (χ2v) is 5.98. The van der Waals surface area contributed by atoms with Crippen LogP contribution < -0.4 is 0 Å². The molecular formula is C15H21ClO3. The van der Waals surface area contributed by atoms with Crippen molar-refractivity contribution in [1.29, 1.82) is 0 Å². The standard InChI is InChI=1S/C15H21ClO3/c1-11(2)9-10-19-14(18)13(17)15(3,16)12-7-5-4-6-8-12/h4-8,11,13,17H,9-10H2,1-3H3/t13-,15+/m1/s1. The SMILES string of the molecule is CC(C)CCOC(=O)[C@@H](O)[C@@](C)(Cl)c1ccccc1. The maximum atomic E-state index is 11.8. The quantitative estimate of drug-likeness (QED) is 0.645. The van der Waals surface area contributed by atoms with E-state index in [1.54, 1.807) is 19.1 Å². The highest BCUT2D eigenvalue weighted by Gasteiger charge is 2.38. The number of benzene rings is 1. The van der Waals surface area contributed by atoms with Crippen LogP contribution in [0.25, 0.3) is 0 Å². The lowest BCUT2D eigenvalue weighted by molar-refractivity contribution is -0.155. The zero-order chi connectivity index (χ0) is 14.5. The molecule has 1 aromatic rings. The van der Waals surface area contributed by atoms with Crippen LogP contribution in [0.5, 0.6) is 0 Å². The minimum atomic E-state index is -1.39. The Morgan fingerprint density at radius 3 is 2.47 bits per heavy atom. The van der Waals surface area contributed by atoms with Gasteiger partial charge in [-0.25, -0.2) is 4.79 Å². The van der Waals surface area contributed by atoms with Crippen molar-refractivity contribution in [2.45, 2.75) is 38.2 Å². The molecule has 3 nitrogen and oxygen atoms in total. The Bertz CT molecular complexity index is 401. The highest BCUT2D eigenvalue weighted by molar-refractivity contribution is 6.25. The second kappa shape index (κ2) is 6.92. The molecule has 0 saturated heterocycles. The number of hydrogen-bond acceptors (Lipinski definition) is 3. The molecule has 106 valence electrons. The summed E-state index contributed by atoms with van der Waals surface area (Å²) in [6.07, 6.45) is -0.619. The van der Waals surface area contributed by atoms with E-state index in [9.17, 15) is 9.90 Å². The fraction of sp³-hybridized carbons (Fsp3) is 0.533. The summed E-state index contributed by atoms with van der Waals surface area (Å²) in [5, 5.41) is 10.1. The number of ether oxygens (including phenoxy) is 1. The summed E-state index contributed by atoms with van der Waals surface area (Å²) in [6.45, 7) is 5.99. The second-order valence-electron chi connectivity index (χ2n) is 5.19. The van der Waals surface area contributed by atoms with Crippen LogP contribution in [0.1, 0.15) is 32.8 Å². The molecule has 1 rings (SSSR count). The van der Waals surface area contributed by atoms with Crippen molar-refractivity contribution < 1.29 is 14.6 Å². The summed E-state index contributed by atoms with van der Waals surface area (Å²) in [5.74, 6) is -0.233. The van der Waals surface area contributed by atoms with Crippen molar-refractivity contribution in [3.05, 3.63) is 35.9 Å². The number of esters is 1. The largest absolute Gasteiger partial charge is 0.464 e. The van der Waals surface area contributed by atoms with Gasteiger partial charge in [-0.3, -0.25) is 0 Å². The highest BCUT2D eigenvalue weighted by atomic mass is 35.5. The van der Waals surface area contributed by atoms with Crippen molar-refractivity contribution in [1.82, 2.24) is 0 Å². The van der Waals surface area contributed by atoms with Crippen LogP contribution in [-0.4, -0.2) is 23.8 Å². The van der Waals surface area contributed by atoms with Crippen molar-refractivity contribution in [2.24, 2.45) is 5.92 Å². The van der Waals surface area contributed by atoms with Gasteiger partial charge >= 0.3 is 5.97 Å². The first kappa shape index (κ1) is 16.0. The third kappa shape index (κ3) is 4.51. The van der Waals surface area contributed by atoms with Crippen LogP contribution >= 0.6 is 11.6 Å². The smallest absolute Gasteiger partial charge is 0.337 e. The third-order valence-electron chi connectivity index (χ3n) is 3.01. The molecular weight excluding hydrogens is 264 g/mol. The molecule has 1 aromatic carbocycles. The van der Waals surface area contributed by atoms with Crippen LogP contribution in [0, 0.1) is 5.92 Å². The van der Waals surface area contributed by atoms with E-state index in [-0.39, 0.29) is 0 Å².